The van der Waals surface area contributed by atoms with Gasteiger partial charge in [0.05, 0.1) is 5.92 Å². The maximum Gasteiger partial charge on any atom is 0.227 e. The van der Waals surface area contributed by atoms with Crippen LogP contribution in [0.5, 0.6) is 0 Å². The van der Waals surface area contributed by atoms with Gasteiger partial charge in [-0.25, -0.2) is 0 Å². The molecule has 1 aliphatic heterocycles. The summed E-state index contributed by atoms with van der Waals surface area (Å²) in [6.45, 7) is 3.97. The van der Waals surface area contributed by atoms with Gasteiger partial charge in [-0.05, 0) is 19.3 Å². The van der Waals surface area contributed by atoms with Crippen molar-refractivity contribution in [1.82, 2.24) is 9.80 Å². The van der Waals surface area contributed by atoms with E-state index < -0.39 is 0 Å². The maximum absolute atomic E-state index is 11.9. The zero-order chi connectivity index (χ0) is 10.4. The van der Waals surface area contributed by atoms with Crippen molar-refractivity contribution in [2.24, 2.45) is 11.7 Å². The third-order valence-corrected chi connectivity index (χ3v) is 3.85. The minimum atomic E-state index is 0.150. The highest BCUT2D eigenvalue weighted by Crippen LogP contribution is 2.31. The van der Waals surface area contributed by atoms with Crippen molar-refractivity contribution >= 4 is 5.91 Å². The van der Waals surface area contributed by atoms with Crippen LogP contribution >= 0.6 is 0 Å². The fourth-order valence-corrected chi connectivity index (χ4v) is 2.48. The van der Waals surface area contributed by atoms with Crippen LogP contribution in [0.25, 0.3) is 0 Å². The predicted octanol–water partition coefficient (Wildman–Crippen LogP) is -0.360. The Hall–Kier alpha value is -0.610. The quantitative estimate of drug-likeness (QED) is 0.675. The van der Waals surface area contributed by atoms with E-state index in [4.69, 9.17) is 5.73 Å². The average Bonchev–Trinajstić information content (AvgIpc) is 3.11. The molecule has 0 bridgehead atoms. The largest absolute Gasteiger partial charge is 0.340 e. The van der Waals surface area contributed by atoms with Crippen LogP contribution in [0.3, 0.4) is 0 Å². The number of amides is 1. The van der Waals surface area contributed by atoms with Crippen molar-refractivity contribution in [3.63, 3.8) is 0 Å². The lowest BCUT2D eigenvalue weighted by molar-refractivity contribution is -0.134. The van der Waals surface area contributed by atoms with Crippen molar-refractivity contribution in [2.45, 2.75) is 31.3 Å². The highest BCUT2D eigenvalue weighted by molar-refractivity contribution is 5.82. The summed E-state index contributed by atoms with van der Waals surface area (Å²) in [6, 6.07) is 0.990. The van der Waals surface area contributed by atoms with Gasteiger partial charge in [-0.1, -0.05) is 0 Å². The first-order valence-electron chi connectivity index (χ1n) is 6.04. The second-order valence-electron chi connectivity index (χ2n) is 5.10. The Kier molecular flexibility index (Phi) is 2.21. The first-order chi connectivity index (χ1) is 7.25. The molecule has 84 valence electrons. The van der Waals surface area contributed by atoms with Gasteiger partial charge in [-0.2, -0.15) is 0 Å². The molecular weight excluding hydrogens is 190 g/mol. The molecule has 0 aromatic carbocycles. The zero-order valence-corrected chi connectivity index (χ0v) is 9.06. The summed E-state index contributed by atoms with van der Waals surface area (Å²) >= 11 is 0. The third kappa shape index (κ3) is 1.88. The summed E-state index contributed by atoms with van der Waals surface area (Å²) in [6.07, 6.45) is 3.63. The molecule has 3 fully saturated rings. The summed E-state index contributed by atoms with van der Waals surface area (Å²) in [7, 11) is 0. The van der Waals surface area contributed by atoms with Crippen LogP contribution in [0.4, 0.5) is 0 Å². The Labute approximate surface area is 90.4 Å². The molecule has 0 aromatic heterocycles. The van der Waals surface area contributed by atoms with Gasteiger partial charge in [0.1, 0.15) is 0 Å². The Morgan fingerprint density at radius 1 is 1.13 bits per heavy atom. The Morgan fingerprint density at radius 2 is 1.73 bits per heavy atom. The van der Waals surface area contributed by atoms with Crippen LogP contribution in [-0.4, -0.2) is 54.0 Å². The molecule has 4 heteroatoms. The lowest BCUT2D eigenvalue weighted by Crippen LogP contribution is -2.50. The highest BCUT2D eigenvalue weighted by Gasteiger charge is 2.43. The van der Waals surface area contributed by atoms with Gasteiger partial charge < -0.3 is 10.6 Å². The number of carbonyl (C=O) groups excluding carboxylic acids is 1. The van der Waals surface area contributed by atoms with Gasteiger partial charge in [0.25, 0.3) is 0 Å². The molecule has 2 unspecified atom stereocenters. The van der Waals surface area contributed by atoms with E-state index >= 15 is 0 Å². The lowest BCUT2D eigenvalue weighted by atomic mass is 10.2. The Balaban J connectivity index is 1.50. The second kappa shape index (κ2) is 3.46. The zero-order valence-electron chi connectivity index (χ0n) is 9.06. The molecule has 1 heterocycles. The average molecular weight is 209 g/mol. The summed E-state index contributed by atoms with van der Waals surface area (Å²) in [5, 5.41) is 0. The minimum absolute atomic E-state index is 0.150. The van der Waals surface area contributed by atoms with E-state index in [1.807, 2.05) is 4.90 Å². The number of nitrogens with two attached hydrogens (primary N) is 1. The molecule has 0 radical (unpaired) electrons. The van der Waals surface area contributed by atoms with Gasteiger partial charge in [0.2, 0.25) is 5.91 Å². The van der Waals surface area contributed by atoms with Gasteiger partial charge in [0.15, 0.2) is 0 Å². The first-order valence-corrected chi connectivity index (χ1v) is 6.04. The molecular formula is C11H19N3O. The molecule has 3 rings (SSSR count). The number of rotatable bonds is 2. The first kappa shape index (κ1) is 9.60. The molecule has 1 amide bonds. The fourth-order valence-electron chi connectivity index (χ4n) is 2.48. The van der Waals surface area contributed by atoms with E-state index in [2.05, 4.69) is 4.90 Å². The van der Waals surface area contributed by atoms with Crippen LogP contribution in [-0.2, 0) is 4.79 Å². The third-order valence-electron chi connectivity index (χ3n) is 3.85. The molecule has 0 aromatic rings. The Bertz CT molecular complexity index is 269. The number of hydrogen-bond acceptors (Lipinski definition) is 3. The summed E-state index contributed by atoms with van der Waals surface area (Å²) < 4.78 is 0. The van der Waals surface area contributed by atoms with E-state index in [0.717, 1.165) is 38.6 Å². The monoisotopic (exact) mass is 209 g/mol. The minimum Gasteiger partial charge on any atom is -0.340 e. The summed E-state index contributed by atoms with van der Waals surface area (Å²) in [5.74, 6) is 0.454. The molecule has 15 heavy (non-hydrogen) atoms. The lowest BCUT2D eigenvalue weighted by Gasteiger charge is -2.35. The van der Waals surface area contributed by atoms with E-state index in [1.165, 1.54) is 12.8 Å². The van der Waals surface area contributed by atoms with Crippen LogP contribution in [0.15, 0.2) is 0 Å². The van der Waals surface area contributed by atoms with E-state index in [0.29, 0.717) is 5.91 Å². The highest BCUT2D eigenvalue weighted by atomic mass is 16.2. The van der Waals surface area contributed by atoms with Crippen LogP contribution in [0.1, 0.15) is 19.3 Å². The SMILES string of the molecule is NC1CC1C(=O)N1CCN(C2CC2)CC1. The topological polar surface area (TPSA) is 49.6 Å². The number of hydrogen-bond donors (Lipinski definition) is 1. The number of carbonyl (C=O) groups is 1. The van der Waals surface area contributed by atoms with Gasteiger partial charge in [-0.15, -0.1) is 0 Å². The molecule has 2 atom stereocenters. The van der Waals surface area contributed by atoms with E-state index in [9.17, 15) is 4.79 Å². The molecule has 1 saturated heterocycles. The Morgan fingerprint density at radius 3 is 2.20 bits per heavy atom. The standard InChI is InChI=1S/C11H19N3O/c12-10-7-9(10)11(15)14-5-3-13(4-6-14)8-1-2-8/h8-10H,1-7,12H2. The molecule has 0 spiro atoms. The summed E-state index contributed by atoms with van der Waals surface area (Å²) in [4.78, 5) is 16.4. The second-order valence-corrected chi connectivity index (χ2v) is 5.10. The van der Waals surface area contributed by atoms with E-state index in [-0.39, 0.29) is 12.0 Å². The molecule has 4 nitrogen and oxygen atoms in total. The van der Waals surface area contributed by atoms with Crippen molar-refractivity contribution < 1.29 is 4.79 Å². The van der Waals surface area contributed by atoms with Crippen molar-refractivity contribution in [3.05, 3.63) is 0 Å². The van der Waals surface area contributed by atoms with Gasteiger partial charge >= 0.3 is 0 Å². The normalized spacial score (nSPS) is 36.7. The van der Waals surface area contributed by atoms with Crippen LogP contribution < -0.4 is 5.73 Å². The number of piperazine rings is 1. The molecule has 2 N–H and O–H groups in total. The molecule has 2 aliphatic carbocycles. The predicted molar refractivity (Wildman–Crippen MR) is 57.3 cm³/mol. The van der Waals surface area contributed by atoms with Gasteiger partial charge in [-0.3, -0.25) is 9.69 Å². The van der Waals surface area contributed by atoms with Crippen LogP contribution in [0, 0.1) is 5.92 Å². The number of nitrogens with zero attached hydrogens (tertiary/aromatic N) is 2. The van der Waals surface area contributed by atoms with Crippen molar-refractivity contribution in [2.75, 3.05) is 26.2 Å². The van der Waals surface area contributed by atoms with E-state index in [1.54, 1.807) is 0 Å². The van der Waals surface area contributed by atoms with Crippen molar-refractivity contribution in [1.29, 1.82) is 0 Å². The fraction of sp³-hybridized carbons (Fsp3) is 0.909. The maximum atomic E-state index is 11.9. The smallest absolute Gasteiger partial charge is 0.227 e. The summed E-state index contributed by atoms with van der Waals surface area (Å²) in [5.41, 5.74) is 5.70. The van der Waals surface area contributed by atoms with Gasteiger partial charge in [0, 0.05) is 38.3 Å². The molecule has 3 aliphatic rings. The van der Waals surface area contributed by atoms with Crippen LogP contribution in [0.2, 0.25) is 0 Å². The van der Waals surface area contributed by atoms with Crippen molar-refractivity contribution in [3.8, 4) is 0 Å². The molecule has 2 saturated carbocycles.